The number of hydrogen-bond acceptors (Lipinski definition) is 4. The van der Waals surface area contributed by atoms with E-state index in [1.165, 1.54) is 13.0 Å². The van der Waals surface area contributed by atoms with Gasteiger partial charge < -0.3 is 15.1 Å². The van der Waals surface area contributed by atoms with E-state index in [-0.39, 0.29) is 16.7 Å². The number of halogens is 3. The third-order valence-electron chi connectivity index (χ3n) is 2.80. The molecule has 1 heterocycles. The predicted molar refractivity (Wildman–Crippen MR) is 77.8 cm³/mol. The summed E-state index contributed by atoms with van der Waals surface area (Å²) in [5.41, 5.74) is -4.05. The van der Waals surface area contributed by atoms with Crippen molar-refractivity contribution in [1.82, 2.24) is 4.98 Å². The minimum Gasteiger partial charge on any atom is -0.320 e. The summed E-state index contributed by atoms with van der Waals surface area (Å²) in [4.78, 5) is 33.2. The Morgan fingerprint density at radius 2 is 2.24 bits per heavy atom. The Balaban J connectivity index is 2.36. The molecule has 1 aromatic rings. The number of nitrogens with zero attached hydrogens (tertiary/aromatic N) is 1. The van der Waals surface area contributed by atoms with Gasteiger partial charge in [-0.3, -0.25) is 9.36 Å². The van der Waals surface area contributed by atoms with Gasteiger partial charge in [-0.15, -0.1) is 0 Å². The molecule has 1 unspecified atom stereocenters. The second kappa shape index (κ2) is 5.20. The molecule has 0 aromatic carbocycles. The third kappa shape index (κ3) is 2.95. The molecule has 0 spiro atoms. The number of carbonyl (C=O) groups is 1. The van der Waals surface area contributed by atoms with E-state index in [1.807, 2.05) is 0 Å². The number of alkyl halides is 3. The molecule has 11 heteroatoms. The first-order valence-corrected chi connectivity index (χ1v) is 8.77. The summed E-state index contributed by atoms with van der Waals surface area (Å²) in [5, 5.41) is 2.68. The first-order valence-electron chi connectivity index (χ1n) is 5.55. The largest absolute Gasteiger partial charge is 0.396 e. The molecule has 0 fully saturated rings. The molecular weight excluding hydrogens is 393 g/mol. The van der Waals surface area contributed by atoms with Crippen LogP contribution in [0.3, 0.4) is 0 Å². The van der Waals surface area contributed by atoms with Crippen molar-refractivity contribution in [3.8, 4) is 0 Å². The van der Waals surface area contributed by atoms with Gasteiger partial charge in [-0.05, 0) is 6.08 Å². The first kappa shape index (κ1) is 16.7. The summed E-state index contributed by atoms with van der Waals surface area (Å²) < 4.78 is 36.7. The lowest BCUT2D eigenvalue weighted by Crippen LogP contribution is -2.43. The summed E-state index contributed by atoms with van der Waals surface area (Å²) in [6.07, 6.45) is 1.90. The molecule has 6 nitrogen and oxygen atoms in total. The van der Waals surface area contributed by atoms with Gasteiger partial charge in [-0.1, -0.05) is 33.3 Å². The van der Waals surface area contributed by atoms with Crippen molar-refractivity contribution in [3.05, 3.63) is 16.6 Å². The molecule has 1 aromatic heterocycles. The number of carbonyl (C=O) groups excluding carboxylic acids is 1. The quantitative estimate of drug-likeness (QED) is 0.532. The highest BCUT2D eigenvalue weighted by molar-refractivity contribution is 9.10. The van der Waals surface area contributed by atoms with Crippen LogP contribution in [0, 0.1) is 0 Å². The smallest absolute Gasteiger partial charge is 0.320 e. The lowest BCUT2D eigenvalue weighted by atomic mass is 9.97. The first-order chi connectivity index (χ1) is 9.46. The molecule has 1 aliphatic carbocycles. The molecule has 1 atom stereocenters. The van der Waals surface area contributed by atoms with Gasteiger partial charge in [-0.2, -0.15) is 8.78 Å². The zero-order valence-corrected chi connectivity index (χ0v) is 13.8. The molecule has 0 bridgehead atoms. The molecule has 0 radical (unpaired) electrons. The third-order valence-corrected chi connectivity index (χ3v) is 6.26. The zero-order chi connectivity index (χ0) is 16.1. The van der Waals surface area contributed by atoms with Crippen LogP contribution in [0.1, 0.15) is 17.5 Å². The highest BCUT2D eigenvalue weighted by Gasteiger charge is 2.63. The van der Waals surface area contributed by atoms with Crippen LogP contribution in [0.25, 0.3) is 6.08 Å². The molecule has 0 saturated heterocycles. The van der Waals surface area contributed by atoms with E-state index < -0.39 is 24.0 Å². The van der Waals surface area contributed by atoms with Gasteiger partial charge in [0.1, 0.15) is 4.32 Å². The van der Waals surface area contributed by atoms with E-state index in [1.54, 1.807) is 0 Å². The van der Waals surface area contributed by atoms with Crippen LogP contribution in [-0.4, -0.2) is 30.7 Å². The minimum absolute atomic E-state index is 0.233. The number of nitrogens with one attached hydrogen (secondary N) is 1. The number of thiazole rings is 1. The normalized spacial score (nSPS) is 22.0. The van der Waals surface area contributed by atoms with Gasteiger partial charge in [0.2, 0.25) is 5.91 Å². The van der Waals surface area contributed by atoms with Crippen molar-refractivity contribution in [2.45, 2.75) is 23.3 Å². The van der Waals surface area contributed by atoms with Crippen LogP contribution < -0.4 is 5.32 Å². The highest BCUT2D eigenvalue weighted by atomic mass is 79.9. The average molecular weight is 403 g/mol. The number of fused-ring (bicyclic) bond motifs is 1. The summed E-state index contributed by atoms with van der Waals surface area (Å²) in [6.45, 7) is 1.28. The van der Waals surface area contributed by atoms with E-state index in [9.17, 15) is 18.1 Å². The van der Waals surface area contributed by atoms with E-state index >= 15 is 0 Å². The number of hydrogen-bond donors (Lipinski definition) is 3. The van der Waals surface area contributed by atoms with Crippen molar-refractivity contribution in [2.24, 2.45) is 0 Å². The Morgan fingerprint density at radius 1 is 1.62 bits per heavy atom. The highest BCUT2D eigenvalue weighted by Crippen LogP contribution is 2.63. The minimum atomic E-state index is -5.66. The van der Waals surface area contributed by atoms with Crippen LogP contribution in [0.5, 0.6) is 0 Å². The Morgan fingerprint density at radius 3 is 2.76 bits per heavy atom. The second-order valence-electron chi connectivity index (χ2n) is 4.47. The number of amides is 1. The van der Waals surface area contributed by atoms with Gasteiger partial charge in [0.05, 0.1) is 10.6 Å². The SMILES string of the molecule is CC(=O)Nc1nc2c(s1)C=CC(Br)(C(F)(F)P(=O)(O)O)C2. The summed E-state index contributed by atoms with van der Waals surface area (Å²) >= 11 is 3.82. The summed E-state index contributed by atoms with van der Waals surface area (Å²) in [6, 6.07) is 0. The molecular formula is C10H10BrF2N2O4PS. The van der Waals surface area contributed by atoms with Crippen LogP contribution in [-0.2, 0) is 15.8 Å². The van der Waals surface area contributed by atoms with E-state index in [2.05, 4.69) is 26.2 Å². The van der Waals surface area contributed by atoms with Crippen LogP contribution >= 0.6 is 34.9 Å². The van der Waals surface area contributed by atoms with Crippen molar-refractivity contribution in [2.75, 3.05) is 5.32 Å². The second-order valence-corrected chi connectivity index (χ2v) is 8.56. The Bertz CT molecular complexity index is 674. The summed E-state index contributed by atoms with van der Waals surface area (Å²) in [7, 11) is -5.66. The average Bonchev–Trinajstić information content (AvgIpc) is 2.67. The molecule has 1 amide bonds. The predicted octanol–water partition coefficient (Wildman–Crippen LogP) is 2.58. The molecule has 1 aliphatic rings. The van der Waals surface area contributed by atoms with Crippen LogP contribution in [0.4, 0.5) is 13.9 Å². The fourth-order valence-corrected chi connectivity index (χ4v) is 4.44. The molecule has 116 valence electrons. The van der Waals surface area contributed by atoms with Crippen LogP contribution in [0.2, 0.25) is 0 Å². The maximum absolute atomic E-state index is 14.0. The number of aromatic nitrogens is 1. The number of anilines is 1. The fourth-order valence-electron chi connectivity index (χ4n) is 1.78. The fraction of sp³-hybridized carbons (Fsp3) is 0.400. The monoisotopic (exact) mass is 402 g/mol. The lowest BCUT2D eigenvalue weighted by Gasteiger charge is -2.34. The molecule has 3 N–H and O–H groups in total. The standard InChI is InChI=1S/C10H10BrF2N2O4PS/c1-5(16)14-8-15-6-4-9(11,3-2-7(6)21-8)10(12,13)20(17,18)19/h2-3H,4H2,1H3,(H,14,15,16)(H2,17,18,19). The van der Waals surface area contributed by atoms with Crippen molar-refractivity contribution >= 4 is 52.0 Å². The van der Waals surface area contributed by atoms with Gasteiger partial charge >= 0.3 is 13.3 Å². The Hall–Kier alpha value is -0.670. The van der Waals surface area contributed by atoms with Gasteiger partial charge in [0.15, 0.2) is 5.13 Å². The molecule has 2 rings (SSSR count). The lowest BCUT2D eigenvalue weighted by molar-refractivity contribution is -0.114. The maximum atomic E-state index is 14.0. The molecule has 21 heavy (non-hydrogen) atoms. The summed E-state index contributed by atoms with van der Waals surface area (Å²) in [5.74, 6) is -0.351. The molecule has 0 aliphatic heterocycles. The Labute approximate surface area is 130 Å². The van der Waals surface area contributed by atoms with Gasteiger partial charge in [0, 0.05) is 13.3 Å². The van der Waals surface area contributed by atoms with E-state index in [4.69, 9.17) is 9.79 Å². The van der Waals surface area contributed by atoms with Crippen LogP contribution in [0.15, 0.2) is 6.08 Å². The number of rotatable bonds is 3. The van der Waals surface area contributed by atoms with Crippen molar-refractivity contribution < 1.29 is 27.9 Å². The maximum Gasteiger partial charge on any atom is 0.396 e. The van der Waals surface area contributed by atoms with Crippen molar-refractivity contribution in [1.29, 1.82) is 0 Å². The zero-order valence-electron chi connectivity index (χ0n) is 10.5. The van der Waals surface area contributed by atoms with Crippen molar-refractivity contribution in [3.63, 3.8) is 0 Å². The molecule has 0 saturated carbocycles. The van der Waals surface area contributed by atoms with Gasteiger partial charge in [0.25, 0.3) is 0 Å². The Kier molecular flexibility index (Phi) is 4.14. The van der Waals surface area contributed by atoms with E-state index in [0.29, 0.717) is 4.88 Å². The van der Waals surface area contributed by atoms with E-state index in [0.717, 1.165) is 17.4 Å². The van der Waals surface area contributed by atoms with Gasteiger partial charge in [-0.25, -0.2) is 4.98 Å². The topological polar surface area (TPSA) is 99.5 Å². The number of allylic oxidation sites excluding steroid dienone is 1.